The summed E-state index contributed by atoms with van der Waals surface area (Å²) in [6.45, 7) is 3.03. The average molecular weight is 322 g/mol. The lowest BCUT2D eigenvalue weighted by molar-refractivity contribution is -0.0747. The number of carbonyl (C=O) groups excluding carboxylic acids is 1. The maximum Gasteiger partial charge on any atom is 0.253 e. The predicted octanol–water partition coefficient (Wildman–Crippen LogP) is 1.72. The lowest BCUT2D eigenvalue weighted by atomic mass is 9.70. The molecule has 0 bridgehead atoms. The first-order chi connectivity index (χ1) is 10.8. The SMILES string of the molecule is O=C(N[C@H]1[C@H]2CCO[C@H]2[C@@H]1N1CCCC1)c1ccncc1Cl. The molecular weight excluding hydrogens is 302 g/mol. The molecule has 3 heterocycles. The van der Waals surface area contributed by atoms with Gasteiger partial charge in [0.2, 0.25) is 0 Å². The largest absolute Gasteiger partial charge is 0.376 e. The van der Waals surface area contributed by atoms with Crippen molar-refractivity contribution in [3.05, 3.63) is 29.0 Å². The second kappa shape index (κ2) is 5.80. The minimum absolute atomic E-state index is 0.105. The standard InChI is InChI=1S/C16H20ClN3O2/c17-12-9-18-5-3-10(12)16(21)19-13-11-4-8-22-15(11)14(13)20-6-1-2-7-20/h3,5,9,11,13-15H,1-2,4,6-8H2,(H,19,21)/t11-,13+,14-,15-/m1/s1. The zero-order chi connectivity index (χ0) is 15.1. The fourth-order valence-electron chi connectivity index (χ4n) is 4.13. The molecular formula is C16H20ClN3O2. The predicted molar refractivity (Wildman–Crippen MR) is 82.9 cm³/mol. The maximum atomic E-state index is 12.5. The molecule has 1 aromatic rings. The maximum absolute atomic E-state index is 12.5. The fraction of sp³-hybridized carbons (Fsp3) is 0.625. The van der Waals surface area contributed by atoms with E-state index in [0.29, 0.717) is 22.5 Å². The van der Waals surface area contributed by atoms with Gasteiger partial charge in [-0.25, -0.2) is 0 Å². The first-order valence-corrected chi connectivity index (χ1v) is 8.39. The van der Waals surface area contributed by atoms with Crippen LogP contribution in [0, 0.1) is 5.92 Å². The minimum Gasteiger partial charge on any atom is -0.376 e. The number of pyridine rings is 1. The Labute approximate surface area is 135 Å². The van der Waals surface area contributed by atoms with Crippen LogP contribution in [0.5, 0.6) is 0 Å². The normalized spacial score (nSPS) is 34.2. The van der Waals surface area contributed by atoms with E-state index >= 15 is 0 Å². The molecule has 1 saturated carbocycles. The molecule has 2 aliphatic heterocycles. The molecule has 22 heavy (non-hydrogen) atoms. The van der Waals surface area contributed by atoms with Crippen LogP contribution in [0.3, 0.4) is 0 Å². The molecule has 3 aliphatic rings. The summed E-state index contributed by atoms with van der Waals surface area (Å²) in [4.78, 5) is 18.9. The number of ether oxygens (including phenoxy) is 1. The molecule has 4 rings (SSSR count). The summed E-state index contributed by atoms with van der Waals surface area (Å²) in [5.41, 5.74) is 0.499. The van der Waals surface area contributed by atoms with E-state index in [9.17, 15) is 4.79 Å². The monoisotopic (exact) mass is 321 g/mol. The third-order valence-electron chi connectivity index (χ3n) is 5.23. The van der Waals surface area contributed by atoms with Gasteiger partial charge in [-0.2, -0.15) is 0 Å². The second-order valence-corrected chi connectivity index (χ2v) is 6.78. The highest BCUT2D eigenvalue weighted by Gasteiger charge is 2.56. The van der Waals surface area contributed by atoms with Gasteiger partial charge in [0.25, 0.3) is 5.91 Å². The Hall–Kier alpha value is -1.17. The summed E-state index contributed by atoms with van der Waals surface area (Å²) in [5.74, 6) is 0.335. The molecule has 0 unspecified atom stereocenters. The van der Waals surface area contributed by atoms with E-state index in [2.05, 4.69) is 15.2 Å². The lowest BCUT2D eigenvalue weighted by Crippen LogP contribution is -2.70. The van der Waals surface area contributed by atoms with Crippen LogP contribution in [0.4, 0.5) is 0 Å². The molecule has 0 radical (unpaired) electrons. The lowest BCUT2D eigenvalue weighted by Gasteiger charge is -2.51. The highest BCUT2D eigenvalue weighted by Crippen LogP contribution is 2.43. The molecule has 118 valence electrons. The van der Waals surface area contributed by atoms with Crippen LogP contribution in [0.25, 0.3) is 0 Å². The molecule has 0 aromatic carbocycles. The average Bonchev–Trinajstić information content (AvgIpc) is 3.16. The van der Waals surface area contributed by atoms with Crippen LogP contribution in [0.1, 0.15) is 29.6 Å². The number of nitrogens with zero attached hydrogens (tertiary/aromatic N) is 2. The summed E-state index contributed by atoms with van der Waals surface area (Å²) >= 11 is 6.08. The third-order valence-corrected chi connectivity index (χ3v) is 5.53. The van der Waals surface area contributed by atoms with Gasteiger partial charge in [0.1, 0.15) is 0 Å². The molecule has 1 aromatic heterocycles. The van der Waals surface area contributed by atoms with E-state index in [0.717, 1.165) is 26.1 Å². The van der Waals surface area contributed by atoms with Crippen molar-refractivity contribution in [2.45, 2.75) is 37.5 Å². The van der Waals surface area contributed by atoms with Crippen molar-refractivity contribution in [1.82, 2.24) is 15.2 Å². The number of likely N-dealkylation sites (tertiary alicyclic amines) is 1. The van der Waals surface area contributed by atoms with Crippen LogP contribution >= 0.6 is 11.6 Å². The number of fused-ring (bicyclic) bond motifs is 1. The first-order valence-electron chi connectivity index (χ1n) is 8.02. The van der Waals surface area contributed by atoms with E-state index < -0.39 is 0 Å². The topological polar surface area (TPSA) is 54.5 Å². The van der Waals surface area contributed by atoms with E-state index in [1.807, 2.05) is 0 Å². The molecule has 3 fully saturated rings. The Morgan fingerprint density at radius 3 is 3.00 bits per heavy atom. The van der Waals surface area contributed by atoms with Crippen LogP contribution in [-0.4, -0.2) is 53.7 Å². The number of amides is 1. The minimum atomic E-state index is -0.105. The Kier molecular flexibility index (Phi) is 3.80. The Morgan fingerprint density at radius 2 is 2.23 bits per heavy atom. The van der Waals surface area contributed by atoms with Crippen molar-refractivity contribution in [3.63, 3.8) is 0 Å². The number of hydrogen-bond acceptors (Lipinski definition) is 4. The molecule has 1 N–H and O–H groups in total. The summed E-state index contributed by atoms with van der Waals surface area (Å²) in [6, 6.07) is 2.16. The number of aromatic nitrogens is 1. The van der Waals surface area contributed by atoms with Gasteiger partial charge in [0.05, 0.1) is 28.8 Å². The highest BCUT2D eigenvalue weighted by atomic mass is 35.5. The summed E-state index contributed by atoms with van der Waals surface area (Å²) in [6.07, 6.45) is 6.91. The van der Waals surface area contributed by atoms with Crippen molar-refractivity contribution in [2.24, 2.45) is 5.92 Å². The molecule has 1 aliphatic carbocycles. The van der Waals surface area contributed by atoms with Crippen LogP contribution < -0.4 is 5.32 Å². The summed E-state index contributed by atoms with van der Waals surface area (Å²) in [5, 5.41) is 3.60. The zero-order valence-corrected chi connectivity index (χ0v) is 13.1. The van der Waals surface area contributed by atoms with Crippen LogP contribution in [0.2, 0.25) is 5.02 Å². The van der Waals surface area contributed by atoms with Gasteiger partial charge in [0.15, 0.2) is 0 Å². The van der Waals surface area contributed by atoms with E-state index in [1.54, 1.807) is 12.3 Å². The molecule has 4 atom stereocenters. The molecule has 1 amide bonds. The number of carbonyl (C=O) groups is 1. The smallest absolute Gasteiger partial charge is 0.253 e. The zero-order valence-electron chi connectivity index (χ0n) is 12.4. The number of halogens is 1. The van der Waals surface area contributed by atoms with Crippen molar-refractivity contribution in [3.8, 4) is 0 Å². The molecule has 0 spiro atoms. The van der Waals surface area contributed by atoms with E-state index in [1.165, 1.54) is 19.0 Å². The molecule has 5 nitrogen and oxygen atoms in total. The Bertz CT molecular complexity index is 572. The molecule has 2 saturated heterocycles. The number of rotatable bonds is 3. The molecule has 6 heteroatoms. The number of hydrogen-bond donors (Lipinski definition) is 1. The van der Waals surface area contributed by atoms with Crippen molar-refractivity contribution >= 4 is 17.5 Å². The number of nitrogens with one attached hydrogen (secondary N) is 1. The van der Waals surface area contributed by atoms with Gasteiger partial charge in [-0.1, -0.05) is 11.6 Å². The van der Waals surface area contributed by atoms with Gasteiger partial charge in [-0.15, -0.1) is 0 Å². The van der Waals surface area contributed by atoms with Crippen molar-refractivity contribution in [1.29, 1.82) is 0 Å². The van der Waals surface area contributed by atoms with Crippen molar-refractivity contribution in [2.75, 3.05) is 19.7 Å². The Balaban J connectivity index is 1.50. The quantitative estimate of drug-likeness (QED) is 0.921. The van der Waals surface area contributed by atoms with E-state index in [4.69, 9.17) is 16.3 Å². The Morgan fingerprint density at radius 1 is 1.41 bits per heavy atom. The highest BCUT2D eigenvalue weighted by molar-refractivity contribution is 6.33. The second-order valence-electron chi connectivity index (χ2n) is 6.38. The third kappa shape index (κ3) is 2.32. The summed E-state index contributed by atoms with van der Waals surface area (Å²) < 4.78 is 5.89. The van der Waals surface area contributed by atoms with Gasteiger partial charge in [-0.3, -0.25) is 14.7 Å². The van der Waals surface area contributed by atoms with Crippen molar-refractivity contribution < 1.29 is 9.53 Å². The van der Waals surface area contributed by atoms with Crippen LogP contribution in [-0.2, 0) is 4.74 Å². The fourth-order valence-corrected chi connectivity index (χ4v) is 4.34. The van der Waals surface area contributed by atoms with Gasteiger partial charge >= 0.3 is 0 Å². The first kappa shape index (κ1) is 14.4. The van der Waals surface area contributed by atoms with Gasteiger partial charge in [0, 0.05) is 24.9 Å². The van der Waals surface area contributed by atoms with E-state index in [-0.39, 0.29) is 18.1 Å². The van der Waals surface area contributed by atoms with Gasteiger partial charge < -0.3 is 10.1 Å². The van der Waals surface area contributed by atoms with Crippen LogP contribution in [0.15, 0.2) is 18.5 Å². The van der Waals surface area contributed by atoms with Gasteiger partial charge in [-0.05, 0) is 38.4 Å². The summed E-state index contributed by atoms with van der Waals surface area (Å²) in [7, 11) is 0.